The number of unbranched alkanes of at least 4 members (excludes halogenated alkanes) is 2. The second-order valence-electron chi connectivity index (χ2n) is 7.53. The third-order valence-corrected chi connectivity index (χ3v) is 5.36. The molecule has 0 spiro atoms. The van der Waals surface area contributed by atoms with Gasteiger partial charge in [-0.1, -0.05) is 60.5 Å². The van der Waals surface area contributed by atoms with Gasteiger partial charge in [0.15, 0.2) is 5.82 Å². The summed E-state index contributed by atoms with van der Waals surface area (Å²) in [5.41, 5.74) is -0.241. The molecule has 3 rings (SSSR count). The topological polar surface area (TPSA) is 95.0 Å². The van der Waals surface area contributed by atoms with E-state index in [2.05, 4.69) is 20.6 Å². The summed E-state index contributed by atoms with van der Waals surface area (Å²) in [5.74, 6) is -3.12. The van der Waals surface area contributed by atoms with Crippen LogP contribution >= 0.6 is 0 Å². The van der Waals surface area contributed by atoms with Crippen LogP contribution in [0.25, 0.3) is 0 Å². The maximum atomic E-state index is 14.5. The van der Waals surface area contributed by atoms with Crippen LogP contribution in [0.2, 0.25) is 0 Å². The van der Waals surface area contributed by atoms with Gasteiger partial charge in [0.25, 0.3) is 0 Å². The Bertz CT molecular complexity index is 814. The van der Waals surface area contributed by atoms with Crippen LogP contribution in [-0.2, 0) is 10.7 Å². The smallest absolute Gasteiger partial charge is 0.302 e. The molecule has 1 amide bonds. The predicted octanol–water partition coefficient (Wildman–Crippen LogP) is 3.18. The van der Waals surface area contributed by atoms with E-state index in [9.17, 15) is 18.7 Å². The first-order chi connectivity index (χ1) is 14.5. The highest BCUT2D eigenvalue weighted by Crippen LogP contribution is 2.33. The Morgan fingerprint density at radius 2 is 2.00 bits per heavy atom. The number of carbonyl (C=O) groups is 1. The molecule has 0 bridgehead atoms. The molecule has 1 saturated heterocycles. The van der Waals surface area contributed by atoms with E-state index in [1.165, 1.54) is 30.3 Å². The van der Waals surface area contributed by atoms with Crippen LogP contribution in [0.3, 0.4) is 0 Å². The van der Waals surface area contributed by atoms with E-state index < -0.39 is 12.0 Å². The number of aromatic nitrogens is 4. The van der Waals surface area contributed by atoms with Crippen molar-refractivity contribution in [2.45, 2.75) is 56.5 Å². The number of alkyl halides is 2. The first-order valence-corrected chi connectivity index (χ1v) is 10.3. The van der Waals surface area contributed by atoms with Gasteiger partial charge in [0.05, 0.1) is 0 Å². The van der Waals surface area contributed by atoms with Crippen molar-refractivity contribution in [3.8, 4) is 0 Å². The van der Waals surface area contributed by atoms with Crippen LogP contribution in [0.5, 0.6) is 0 Å². The number of rotatable bonds is 11. The van der Waals surface area contributed by atoms with Gasteiger partial charge in [-0.15, -0.1) is 10.2 Å². The molecular weight excluding hydrogens is 392 g/mol. The largest absolute Gasteiger partial charge is 0.382 e. The number of nitrogens with zero attached hydrogens (tertiary/aromatic N) is 4. The number of carbonyl (C=O) groups excluding carboxylic acids is 1. The average molecular weight is 419 g/mol. The second kappa shape index (κ2) is 10.4. The SMILES string of the molecule is O=C1CCCN1CCCCCC(/C=C/[C@@H](O)C(F)(F)c1ccccc1)c1nn[nH]n1. The van der Waals surface area contributed by atoms with E-state index >= 15 is 0 Å². The molecule has 9 heteroatoms. The molecule has 2 N–H and O–H groups in total. The summed E-state index contributed by atoms with van der Waals surface area (Å²) in [4.78, 5) is 13.5. The summed E-state index contributed by atoms with van der Waals surface area (Å²) >= 11 is 0. The van der Waals surface area contributed by atoms with E-state index in [-0.39, 0.29) is 17.4 Å². The molecule has 0 radical (unpaired) electrons. The normalized spacial score (nSPS) is 17.0. The number of amides is 1. The number of hydrogen-bond donors (Lipinski definition) is 2. The molecule has 1 aliphatic rings. The molecule has 1 aromatic heterocycles. The third kappa shape index (κ3) is 5.69. The standard InChI is InChI=1S/C21H27F2N5O2/c22-21(23,17-9-4-1-5-10-17)18(29)13-12-16(20-24-26-27-25-20)8-3-2-6-14-28-15-7-11-19(28)30/h1,4-5,9-10,12-13,16,18,29H,2-3,6-8,11,14-15H2,(H,24,25,26,27)/b13-12+/t16?,18-/m1/s1. The molecule has 2 atom stereocenters. The summed E-state index contributed by atoms with van der Waals surface area (Å²) in [5, 5.41) is 24.0. The average Bonchev–Trinajstić information content (AvgIpc) is 3.42. The number of hydrogen-bond acceptors (Lipinski definition) is 5. The number of nitrogens with one attached hydrogen (secondary N) is 1. The Labute approximate surface area is 174 Å². The van der Waals surface area contributed by atoms with Gasteiger partial charge in [0, 0.05) is 31.0 Å². The van der Waals surface area contributed by atoms with Crippen LogP contribution in [0, 0.1) is 0 Å². The summed E-state index contributed by atoms with van der Waals surface area (Å²) in [6, 6.07) is 7.25. The van der Waals surface area contributed by atoms with Crippen LogP contribution in [0.15, 0.2) is 42.5 Å². The molecule has 1 fully saturated rings. The Balaban J connectivity index is 1.54. The zero-order chi connectivity index (χ0) is 21.4. The van der Waals surface area contributed by atoms with Gasteiger partial charge in [0.1, 0.15) is 6.10 Å². The maximum Gasteiger partial charge on any atom is 0.302 e. The number of halogens is 2. The van der Waals surface area contributed by atoms with Crippen molar-refractivity contribution in [2.75, 3.05) is 13.1 Å². The number of aromatic amines is 1. The lowest BCUT2D eigenvalue weighted by Crippen LogP contribution is -2.29. The van der Waals surface area contributed by atoms with Crippen molar-refractivity contribution in [1.29, 1.82) is 0 Å². The number of aliphatic hydroxyl groups is 1. The zero-order valence-corrected chi connectivity index (χ0v) is 16.8. The van der Waals surface area contributed by atoms with Crippen LogP contribution in [0.1, 0.15) is 55.8 Å². The molecule has 2 aromatic rings. The van der Waals surface area contributed by atoms with Crippen molar-refractivity contribution in [3.63, 3.8) is 0 Å². The number of aliphatic hydroxyl groups excluding tert-OH is 1. The van der Waals surface area contributed by atoms with E-state index in [0.717, 1.165) is 44.8 Å². The molecular formula is C21H27F2N5O2. The maximum absolute atomic E-state index is 14.5. The van der Waals surface area contributed by atoms with Crippen LogP contribution in [0.4, 0.5) is 8.78 Å². The van der Waals surface area contributed by atoms with Gasteiger partial charge in [-0.2, -0.15) is 14.0 Å². The zero-order valence-electron chi connectivity index (χ0n) is 16.8. The molecule has 162 valence electrons. The monoisotopic (exact) mass is 419 g/mol. The number of tetrazole rings is 1. The minimum absolute atomic E-state index is 0.218. The lowest BCUT2D eigenvalue weighted by molar-refractivity contribution is -0.127. The predicted molar refractivity (Wildman–Crippen MR) is 107 cm³/mol. The molecule has 1 unspecified atom stereocenters. The Morgan fingerprint density at radius 1 is 1.20 bits per heavy atom. The molecule has 7 nitrogen and oxygen atoms in total. The fraction of sp³-hybridized carbons (Fsp3) is 0.524. The van der Waals surface area contributed by atoms with Gasteiger partial charge < -0.3 is 10.0 Å². The minimum atomic E-state index is -3.40. The molecule has 0 aliphatic carbocycles. The van der Waals surface area contributed by atoms with Crippen LogP contribution in [-0.4, -0.2) is 55.7 Å². The Morgan fingerprint density at radius 3 is 2.67 bits per heavy atom. The minimum Gasteiger partial charge on any atom is -0.382 e. The van der Waals surface area contributed by atoms with Gasteiger partial charge in [-0.25, -0.2) is 0 Å². The number of H-pyrrole nitrogens is 1. The fourth-order valence-corrected chi connectivity index (χ4v) is 3.61. The van der Waals surface area contributed by atoms with Gasteiger partial charge in [-0.05, 0) is 19.3 Å². The molecule has 30 heavy (non-hydrogen) atoms. The van der Waals surface area contributed by atoms with E-state index in [4.69, 9.17) is 0 Å². The molecule has 1 aromatic carbocycles. The van der Waals surface area contributed by atoms with Gasteiger partial charge >= 0.3 is 5.92 Å². The first-order valence-electron chi connectivity index (χ1n) is 10.3. The van der Waals surface area contributed by atoms with E-state index in [0.29, 0.717) is 18.7 Å². The summed E-state index contributed by atoms with van der Waals surface area (Å²) < 4.78 is 29.0. The van der Waals surface area contributed by atoms with Crippen molar-refractivity contribution >= 4 is 5.91 Å². The number of allylic oxidation sites excluding steroid dienone is 1. The fourth-order valence-electron chi connectivity index (χ4n) is 3.61. The van der Waals surface area contributed by atoms with Crippen LogP contribution < -0.4 is 0 Å². The highest BCUT2D eigenvalue weighted by atomic mass is 19.3. The lowest BCUT2D eigenvalue weighted by Gasteiger charge is -2.21. The van der Waals surface area contributed by atoms with E-state index in [1.54, 1.807) is 6.07 Å². The molecule has 2 heterocycles. The quantitative estimate of drug-likeness (QED) is 0.431. The van der Waals surface area contributed by atoms with E-state index in [1.807, 2.05) is 4.90 Å². The molecule has 0 saturated carbocycles. The van der Waals surface area contributed by atoms with Gasteiger partial charge in [-0.3, -0.25) is 4.79 Å². The highest BCUT2D eigenvalue weighted by Gasteiger charge is 2.38. The van der Waals surface area contributed by atoms with Crippen molar-refractivity contribution in [3.05, 3.63) is 53.9 Å². The van der Waals surface area contributed by atoms with Crippen molar-refractivity contribution in [1.82, 2.24) is 25.5 Å². The van der Waals surface area contributed by atoms with Crippen molar-refractivity contribution in [2.24, 2.45) is 0 Å². The molecule has 1 aliphatic heterocycles. The lowest BCUT2D eigenvalue weighted by atomic mass is 9.97. The van der Waals surface area contributed by atoms with Crippen molar-refractivity contribution < 1.29 is 18.7 Å². The third-order valence-electron chi connectivity index (χ3n) is 5.36. The number of benzene rings is 1. The summed E-state index contributed by atoms with van der Waals surface area (Å²) in [6.45, 7) is 1.59. The highest BCUT2D eigenvalue weighted by molar-refractivity contribution is 5.77. The second-order valence-corrected chi connectivity index (χ2v) is 7.53. The first kappa shape index (κ1) is 22.0. The Kier molecular flexibility index (Phi) is 7.62. The number of likely N-dealkylation sites (tertiary alicyclic amines) is 1. The summed E-state index contributed by atoms with van der Waals surface area (Å²) in [7, 11) is 0. The summed E-state index contributed by atoms with van der Waals surface area (Å²) in [6.07, 6.45) is 5.48. The van der Waals surface area contributed by atoms with Gasteiger partial charge in [0.2, 0.25) is 5.91 Å². The Hall–Kier alpha value is -2.68.